The van der Waals surface area contributed by atoms with E-state index in [0.29, 0.717) is 0 Å². The molecule has 11 nitrogen and oxygen atoms in total. The molecule has 0 radical (unpaired) electrons. The Morgan fingerprint density at radius 2 is 1.69 bits per heavy atom. The second-order valence-corrected chi connectivity index (χ2v) is 9.71. The van der Waals surface area contributed by atoms with Crippen molar-refractivity contribution in [2.75, 3.05) is 20.8 Å². The molecule has 0 aromatic heterocycles. The van der Waals surface area contributed by atoms with Gasteiger partial charge < -0.3 is 38.5 Å². The van der Waals surface area contributed by atoms with Crippen LogP contribution < -0.4 is 5.32 Å². The molecule has 3 aliphatic heterocycles. The number of methoxy groups -OCH3 is 2. The first kappa shape index (κ1) is 24.7. The summed E-state index contributed by atoms with van der Waals surface area (Å²) in [5.74, 6) is -2.26. The van der Waals surface area contributed by atoms with Gasteiger partial charge in [-0.3, -0.25) is 0 Å². The molecular weight excluding hydrogens is 426 g/mol. The maximum Gasteiger partial charge on any atom is 0.408 e. The molecule has 3 saturated heterocycles. The lowest BCUT2D eigenvalue weighted by atomic mass is 9.89. The number of rotatable bonds is 5. The minimum absolute atomic E-state index is 0.112. The average Bonchev–Trinajstić information content (AvgIpc) is 3.21. The van der Waals surface area contributed by atoms with Crippen molar-refractivity contribution < 1.29 is 47.5 Å². The largest absolute Gasteiger partial charge is 0.467 e. The predicted molar refractivity (Wildman–Crippen MR) is 108 cm³/mol. The van der Waals surface area contributed by atoms with Crippen molar-refractivity contribution in [3.8, 4) is 0 Å². The van der Waals surface area contributed by atoms with E-state index in [2.05, 4.69) is 5.32 Å². The molecule has 0 bridgehead atoms. The molecule has 182 valence electrons. The fourth-order valence-corrected chi connectivity index (χ4v) is 4.39. The van der Waals surface area contributed by atoms with E-state index in [0.717, 1.165) is 0 Å². The Morgan fingerprint density at radius 3 is 2.28 bits per heavy atom. The highest BCUT2D eigenvalue weighted by Crippen LogP contribution is 2.45. The van der Waals surface area contributed by atoms with Crippen LogP contribution in [0.25, 0.3) is 0 Å². The summed E-state index contributed by atoms with van der Waals surface area (Å²) in [6.07, 6.45) is -2.84. The number of carbonyl (C=O) groups excluding carboxylic acids is 3. The summed E-state index contributed by atoms with van der Waals surface area (Å²) in [5, 5.41) is 2.48. The first-order valence-electron chi connectivity index (χ1n) is 10.6. The van der Waals surface area contributed by atoms with E-state index in [4.69, 9.17) is 33.2 Å². The Balaban J connectivity index is 1.83. The molecule has 0 aliphatic carbocycles. The first-order valence-corrected chi connectivity index (χ1v) is 10.6. The van der Waals surface area contributed by atoms with E-state index < -0.39 is 59.4 Å². The van der Waals surface area contributed by atoms with E-state index >= 15 is 0 Å². The molecule has 6 atom stereocenters. The van der Waals surface area contributed by atoms with Gasteiger partial charge in [0.2, 0.25) is 0 Å². The standard InChI is InChI=1S/C21H33NO10/c1-19(2,3)32-18(25)22-11(16(23)26-6)8-21(17(24)27-7)9-12-14(31-21)15-13(10-28-12)29-20(4,5)30-15/h11-15H,8-10H2,1-7H3,(H,22,25)/t11-,12+,13+,14-,15+,21+/m0/s1. The van der Waals surface area contributed by atoms with Gasteiger partial charge in [-0.25, -0.2) is 14.4 Å². The van der Waals surface area contributed by atoms with Gasteiger partial charge in [0.15, 0.2) is 11.4 Å². The number of hydrogen-bond donors (Lipinski definition) is 1. The van der Waals surface area contributed by atoms with Crippen LogP contribution in [-0.4, -0.2) is 86.3 Å². The molecule has 11 heteroatoms. The van der Waals surface area contributed by atoms with Gasteiger partial charge in [0.1, 0.15) is 30.0 Å². The summed E-state index contributed by atoms with van der Waals surface area (Å²) >= 11 is 0. The maximum atomic E-state index is 12.9. The molecule has 0 unspecified atom stereocenters. The third-order valence-corrected chi connectivity index (χ3v) is 5.55. The average molecular weight is 459 g/mol. The Labute approximate surface area is 187 Å². The molecular formula is C21H33NO10. The maximum absolute atomic E-state index is 12.9. The predicted octanol–water partition coefficient (Wildman–Crippen LogP) is 1.06. The SMILES string of the molecule is COC(=O)[C@H](C[C@]1(C(=O)OC)C[C@H]2OC[C@H]3OC(C)(C)O[C@H]3[C@H]2O1)NC(=O)OC(C)(C)C. The van der Waals surface area contributed by atoms with Gasteiger partial charge in [-0.2, -0.15) is 0 Å². The van der Waals surface area contributed by atoms with Gasteiger partial charge in [-0.15, -0.1) is 0 Å². The second-order valence-electron chi connectivity index (χ2n) is 9.71. The van der Waals surface area contributed by atoms with E-state index in [9.17, 15) is 14.4 Å². The van der Waals surface area contributed by atoms with Crippen molar-refractivity contribution in [1.82, 2.24) is 5.32 Å². The zero-order valence-corrected chi connectivity index (χ0v) is 19.6. The third kappa shape index (κ3) is 5.16. The van der Waals surface area contributed by atoms with Gasteiger partial charge in [-0.1, -0.05) is 0 Å². The van der Waals surface area contributed by atoms with Gasteiger partial charge in [-0.05, 0) is 34.6 Å². The molecule has 32 heavy (non-hydrogen) atoms. The highest BCUT2D eigenvalue weighted by atomic mass is 16.8. The Bertz CT molecular complexity index is 747. The van der Waals surface area contributed by atoms with Gasteiger partial charge in [0.05, 0.1) is 26.9 Å². The summed E-state index contributed by atoms with van der Waals surface area (Å²) in [6, 6.07) is -1.22. The van der Waals surface area contributed by atoms with E-state index in [1.807, 2.05) is 0 Å². The lowest BCUT2D eigenvalue weighted by Gasteiger charge is -2.33. The van der Waals surface area contributed by atoms with Crippen molar-refractivity contribution in [3.05, 3.63) is 0 Å². The molecule has 1 N–H and O–H groups in total. The van der Waals surface area contributed by atoms with Crippen LogP contribution in [0.3, 0.4) is 0 Å². The van der Waals surface area contributed by atoms with Gasteiger partial charge in [0.25, 0.3) is 0 Å². The number of hydrogen-bond acceptors (Lipinski definition) is 10. The molecule has 3 fully saturated rings. The monoisotopic (exact) mass is 459 g/mol. The van der Waals surface area contributed by atoms with Crippen molar-refractivity contribution in [3.63, 3.8) is 0 Å². The van der Waals surface area contributed by atoms with Gasteiger partial charge in [0, 0.05) is 12.8 Å². The van der Waals surface area contributed by atoms with Crippen LogP contribution in [0.1, 0.15) is 47.5 Å². The minimum atomic E-state index is -1.57. The second kappa shape index (κ2) is 8.77. The zero-order chi connectivity index (χ0) is 23.9. The Morgan fingerprint density at radius 1 is 1.03 bits per heavy atom. The lowest BCUT2D eigenvalue weighted by Crippen LogP contribution is -2.52. The number of alkyl carbamates (subject to hydrolysis) is 1. The van der Waals surface area contributed by atoms with Crippen LogP contribution in [0.2, 0.25) is 0 Å². The normalized spacial score (nSPS) is 34.1. The van der Waals surface area contributed by atoms with Gasteiger partial charge >= 0.3 is 18.0 Å². The number of ether oxygens (including phenoxy) is 7. The molecule has 0 aromatic rings. The molecule has 0 saturated carbocycles. The summed E-state index contributed by atoms with van der Waals surface area (Å²) in [7, 11) is 2.41. The van der Waals surface area contributed by atoms with E-state index in [-0.39, 0.29) is 25.6 Å². The number of esters is 2. The fourth-order valence-electron chi connectivity index (χ4n) is 4.39. The van der Waals surface area contributed by atoms with Crippen LogP contribution in [0.5, 0.6) is 0 Å². The quantitative estimate of drug-likeness (QED) is 0.471. The number of carbonyl (C=O) groups is 3. The van der Waals surface area contributed by atoms with E-state index in [1.165, 1.54) is 14.2 Å². The highest BCUT2D eigenvalue weighted by Gasteiger charge is 2.62. The van der Waals surface area contributed by atoms with E-state index in [1.54, 1.807) is 34.6 Å². The summed E-state index contributed by atoms with van der Waals surface area (Å²) in [5.41, 5.74) is -2.35. The minimum Gasteiger partial charge on any atom is -0.467 e. The van der Waals surface area contributed by atoms with Crippen molar-refractivity contribution >= 4 is 18.0 Å². The highest BCUT2D eigenvalue weighted by molar-refractivity contribution is 5.85. The van der Waals surface area contributed by atoms with Crippen LogP contribution in [0, 0.1) is 0 Å². The molecule has 3 heterocycles. The van der Waals surface area contributed by atoms with Crippen LogP contribution in [-0.2, 0) is 42.7 Å². The first-order chi connectivity index (χ1) is 14.8. The summed E-state index contributed by atoms with van der Waals surface area (Å²) in [6.45, 7) is 8.95. The summed E-state index contributed by atoms with van der Waals surface area (Å²) in [4.78, 5) is 37.7. The Hall–Kier alpha value is -1.95. The third-order valence-electron chi connectivity index (χ3n) is 5.55. The number of amides is 1. The molecule has 0 aromatic carbocycles. The smallest absolute Gasteiger partial charge is 0.408 e. The molecule has 3 rings (SSSR count). The fraction of sp³-hybridized carbons (Fsp3) is 0.857. The zero-order valence-electron chi connectivity index (χ0n) is 19.6. The molecule has 0 spiro atoms. The van der Waals surface area contributed by atoms with Crippen molar-refractivity contribution in [2.45, 2.75) is 94.9 Å². The molecule has 3 aliphatic rings. The Kier molecular flexibility index (Phi) is 6.77. The lowest BCUT2D eigenvalue weighted by molar-refractivity contribution is -0.189. The van der Waals surface area contributed by atoms with Crippen LogP contribution in [0.15, 0.2) is 0 Å². The van der Waals surface area contributed by atoms with Crippen molar-refractivity contribution in [2.24, 2.45) is 0 Å². The topological polar surface area (TPSA) is 128 Å². The van der Waals surface area contributed by atoms with Crippen molar-refractivity contribution in [1.29, 1.82) is 0 Å². The van der Waals surface area contributed by atoms with Crippen LogP contribution in [0.4, 0.5) is 4.79 Å². The number of fused-ring (bicyclic) bond motifs is 3. The van der Waals surface area contributed by atoms with Crippen LogP contribution >= 0.6 is 0 Å². The molecule has 1 amide bonds. The summed E-state index contributed by atoms with van der Waals surface area (Å²) < 4.78 is 39.1. The number of nitrogens with one attached hydrogen (secondary N) is 1.